The summed E-state index contributed by atoms with van der Waals surface area (Å²) in [5.41, 5.74) is 1.26. The van der Waals surface area contributed by atoms with Crippen LogP contribution in [0.5, 0.6) is 0 Å². The van der Waals surface area contributed by atoms with E-state index in [0.717, 1.165) is 17.4 Å². The van der Waals surface area contributed by atoms with E-state index in [9.17, 15) is 0 Å². The zero-order valence-corrected chi connectivity index (χ0v) is 8.55. The first-order valence-electron chi connectivity index (χ1n) is 4.96. The van der Waals surface area contributed by atoms with Gasteiger partial charge < -0.3 is 9.73 Å². The Bertz CT molecular complexity index is 280. The normalized spacial score (nSPS) is 19.0. The maximum absolute atomic E-state index is 5.71. The summed E-state index contributed by atoms with van der Waals surface area (Å²) in [6, 6.07) is 2.60. The summed E-state index contributed by atoms with van der Waals surface area (Å²) >= 11 is 0. The number of furan rings is 1. The Labute approximate surface area is 79.3 Å². The van der Waals surface area contributed by atoms with E-state index in [0.29, 0.717) is 6.04 Å². The number of rotatable bonds is 3. The second kappa shape index (κ2) is 3.18. The number of hydrogen-bond acceptors (Lipinski definition) is 2. The van der Waals surface area contributed by atoms with Gasteiger partial charge in [0.15, 0.2) is 0 Å². The summed E-state index contributed by atoms with van der Waals surface area (Å²) in [7, 11) is 2.01. The van der Waals surface area contributed by atoms with Crippen LogP contribution in [0.1, 0.15) is 36.0 Å². The molecule has 0 spiro atoms. The lowest BCUT2D eigenvalue weighted by Crippen LogP contribution is -2.17. The van der Waals surface area contributed by atoms with Crippen molar-refractivity contribution in [1.82, 2.24) is 5.32 Å². The highest BCUT2D eigenvalue weighted by atomic mass is 16.3. The SMILES string of the molecule is CNC(c1cc(C)c(C)o1)C1CC1. The van der Waals surface area contributed by atoms with Gasteiger partial charge in [-0.05, 0) is 51.3 Å². The molecule has 1 heterocycles. The van der Waals surface area contributed by atoms with Crippen LogP contribution in [0.3, 0.4) is 0 Å². The van der Waals surface area contributed by atoms with Crippen molar-refractivity contribution in [2.45, 2.75) is 32.7 Å². The molecule has 0 amide bonds. The highest BCUT2D eigenvalue weighted by molar-refractivity contribution is 5.22. The third kappa shape index (κ3) is 1.63. The van der Waals surface area contributed by atoms with Gasteiger partial charge in [-0.3, -0.25) is 0 Å². The lowest BCUT2D eigenvalue weighted by molar-refractivity contribution is 0.390. The van der Waals surface area contributed by atoms with E-state index >= 15 is 0 Å². The van der Waals surface area contributed by atoms with Crippen molar-refractivity contribution in [3.05, 3.63) is 23.2 Å². The topological polar surface area (TPSA) is 25.2 Å². The molecular weight excluding hydrogens is 162 g/mol. The van der Waals surface area contributed by atoms with E-state index in [4.69, 9.17) is 4.42 Å². The van der Waals surface area contributed by atoms with Crippen LogP contribution in [0.25, 0.3) is 0 Å². The van der Waals surface area contributed by atoms with Gasteiger partial charge in [0.25, 0.3) is 0 Å². The summed E-state index contributed by atoms with van der Waals surface area (Å²) in [5.74, 6) is 2.96. The van der Waals surface area contributed by atoms with Gasteiger partial charge in [0, 0.05) is 0 Å². The Morgan fingerprint density at radius 1 is 1.46 bits per heavy atom. The molecule has 0 saturated heterocycles. The summed E-state index contributed by atoms with van der Waals surface area (Å²) in [6.07, 6.45) is 2.68. The van der Waals surface area contributed by atoms with Gasteiger partial charge in [-0.2, -0.15) is 0 Å². The molecule has 1 atom stereocenters. The maximum Gasteiger partial charge on any atom is 0.121 e. The smallest absolute Gasteiger partial charge is 0.121 e. The van der Waals surface area contributed by atoms with E-state index < -0.39 is 0 Å². The van der Waals surface area contributed by atoms with Crippen molar-refractivity contribution in [2.75, 3.05) is 7.05 Å². The maximum atomic E-state index is 5.71. The van der Waals surface area contributed by atoms with Crippen LogP contribution in [0.2, 0.25) is 0 Å². The second-order valence-corrected chi connectivity index (χ2v) is 3.99. The Morgan fingerprint density at radius 2 is 2.15 bits per heavy atom. The third-order valence-corrected chi connectivity index (χ3v) is 2.90. The molecule has 1 N–H and O–H groups in total. The molecule has 1 aromatic rings. The van der Waals surface area contributed by atoms with Crippen molar-refractivity contribution < 1.29 is 4.42 Å². The minimum Gasteiger partial charge on any atom is -0.464 e. The quantitative estimate of drug-likeness (QED) is 0.771. The molecular formula is C11H17NO. The number of hydrogen-bond donors (Lipinski definition) is 1. The molecule has 72 valence electrons. The highest BCUT2D eigenvalue weighted by Crippen LogP contribution is 2.41. The third-order valence-electron chi connectivity index (χ3n) is 2.90. The molecule has 1 saturated carbocycles. The van der Waals surface area contributed by atoms with Gasteiger partial charge in [-0.1, -0.05) is 0 Å². The van der Waals surface area contributed by atoms with E-state index in [1.54, 1.807) is 0 Å². The van der Waals surface area contributed by atoms with Crippen LogP contribution >= 0.6 is 0 Å². The van der Waals surface area contributed by atoms with E-state index in [1.807, 2.05) is 14.0 Å². The molecule has 2 nitrogen and oxygen atoms in total. The van der Waals surface area contributed by atoms with Crippen molar-refractivity contribution in [1.29, 1.82) is 0 Å². The van der Waals surface area contributed by atoms with Gasteiger partial charge in [0.2, 0.25) is 0 Å². The molecule has 0 aliphatic heterocycles. The second-order valence-electron chi connectivity index (χ2n) is 3.99. The first-order valence-corrected chi connectivity index (χ1v) is 4.96. The zero-order valence-electron chi connectivity index (χ0n) is 8.55. The van der Waals surface area contributed by atoms with Gasteiger partial charge in [0.05, 0.1) is 6.04 Å². The molecule has 1 unspecified atom stereocenters. The minimum absolute atomic E-state index is 0.437. The van der Waals surface area contributed by atoms with E-state index in [1.165, 1.54) is 18.4 Å². The molecule has 0 bridgehead atoms. The monoisotopic (exact) mass is 179 g/mol. The zero-order chi connectivity index (χ0) is 9.42. The molecule has 0 aromatic carbocycles. The van der Waals surface area contributed by atoms with Crippen LogP contribution < -0.4 is 5.32 Å². The summed E-state index contributed by atoms with van der Waals surface area (Å²) in [4.78, 5) is 0. The molecule has 1 aromatic heterocycles. The molecule has 1 aliphatic carbocycles. The molecule has 1 aliphatic rings. The van der Waals surface area contributed by atoms with E-state index in [2.05, 4.69) is 18.3 Å². The lowest BCUT2D eigenvalue weighted by Gasteiger charge is -2.11. The summed E-state index contributed by atoms with van der Waals surface area (Å²) in [5, 5.41) is 3.33. The fraction of sp³-hybridized carbons (Fsp3) is 0.636. The Kier molecular flexibility index (Phi) is 2.16. The predicted octanol–water partition coefficient (Wildman–Crippen LogP) is 2.57. The van der Waals surface area contributed by atoms with Crippen molar-refractivity contribution in [3.8, 4) is 0 Å². The van der Waals surface area contributed by atoms with Gasteiger partial charge in [0.1, 0.15) is 11.5 Å². The molecule has 0 radical (unpaired) electrons. The molecule has 1 fully saturated rings. The van der Waals surface area contributed by atoms with Crippen molar-refractivity contribution in [3.63, 3.8) is 0 Å². The number of aryl methyl sites for hydroxylation is 2. The van der Waals surface area contributed by atoms with Gasteiger partial charge in [-0.15, -0.1) is 0 Å². The largest absolute Gasteiger partial charge is 0.464 e. The van der Waals surface area contributed by atoms with Crippen LogP contribution in [0.15, 0.2) is 10.5 Å². The average molecular weight is 179 g/mol. The standard InChI is InChI=1S/C11H17NO/c1-7-6-10(13-8(7)2)11(12-3)9-4-5-9/h6,9,11-12H,4-5H2,1-3H3. The molecule has 2 heteroatoms. The van der Waals surface area contributed by atoms with Crippen LogP contribution in [0, 0.1) is 19.8 Å². The van der Waals surface area contributed by atoms with E-state index in [-0.39, 0.29) is 0 Å². The first-order chi connectivity index (χ1) is 6.22. The number of nitrogens with one attached hydrogen (secondary N) is 1. The fourth-order valence-electron chi connectivity index (χ4n) is 1.79. The van der Waals surface area contributed by atoms with Crippen LogP contribution in [-0.2, 0) is 0 Å². The Balaban J connectivity index is 2.21. The summed E-state index contributed by atoms with van der Waals surface area (Å²) < 4.78 is 5.71. The van der Waals surface area contributed by atoms with Crippen molar-refractivity contribution in [2.24, 2.45) is 5.92 Å². The Morgan fingerprint density at radius 3 is 2.54 bits per heavy atom. The fourth-order valence-corrected chi connectivity index (χ4v) is 1.79. The van der Waals surface area contributed by atoms with Crippen LogP contribution in [0.4, 0.5) is 0 Å². The predicted molar refractivity (Wildman–Crippen MR) is 52.7 cm³/mol. The minimum atomic E-state index is 0.437. The van der Waals surface area contributed by atoms with Crippen LogP contribution in [-0.4, -0.2) is 7.05 Å². The lowest BCUT2D eigenvalue weighted by atomic mass is 10.1. The average Bonchev–Trinajstić information content (AvgIpc) is 2.84. The van der Waals surface area contributed by atoms with Gasteiger partial charge >= 0.3 is 0 Å². The first kappa shape index (κ1) is 8.82. The summed E-state index contributed by atoms with van der Waals surface area (Å²) in [6.45, 7) is 4.13. The van der Waals surface area contributed by atoms with Crippen molar-refractivity contribution >= 4 is 0 Å². The Hall–Kier alpha value is -0.760. The molecule has 13 heavy (non-hydrogen) atoms. The highest BCUT2D eigenvalue weighted by Gasteiger charge is 2.33. The van der Waals surface area contributed by atoms with Gasteiger partial charge in [-0.25, -0.2) is 0 Å². The molecule has 2 rings (SSSR count).